The molecule has 4 amide bonds. The predicted octanol–water partition coefficient (Wildman–Crippen LogP) is -0.748. The number of piperidine rings is 1. The van der Waals surface area contributed by atoms with Gasteiger partial charge in [-0.05, 0) is 18.6 Å². The van der Waals surface area contributed by atoms with Crippen LogP contribution < -0.4 is 16.8 Å². The Bertz CT molecular complexity index is 671. The molecule has 1 fully saturated rings. The molecule has 5 N–H and O–H groups in total. The second-order valence-electron chi connectivity index (χ2n) is 4.94. The number of nitrogens with zero attached hydrogens (tertiary/aromatic N) is 1. The van der Waals surface area contributed by atoms with Gasteiger partial charge in [0.1, 0.15) is 6.04 Å². The highest BCUT2D eigenvalue weighted by molar-refractivity contribution is 6.27. The first-order valence-corrected chi connectivity index (χ1v) is 6.31. The van der Waals surface area contributed by atoms with Gasteiger partial charge < -0.3 is 11.5 Å². The lowest BCUT2D eigenvalue weighted by atomic mass is 10.0. The SMILES string of the molecule is Nc1ccc(N)c2c1C(=O)N(C1CCC(=O)NC1=O)C2=O. The van der Waals surface area contributed by atoms with Crippen LogP contribution in [-0.2, 0) is 9.59 Å². The van der Waals surface area contributed by atoms with E-state index in [0.29, 0.717) is 0 Å². The van der Waals surface area contributed by atoms with E-state index in [1.165, 1.54) is 12.1 Å². The molecule has 0 radical (unpaired) electrons. The molecule has 1 aromatic carbocycles. The normalized spacial score (nSPS) is 21.5. The molecule has 1 aromatic rings. The maximum absolute atomic E-state index is 12.4. The van der Waals surface area contributed by atoms with Gasteiger partial charge in [-0.25, -0.2) is 0 Å². The second kappa shape index (κ2) is 4.30. The van der Waals surface area contributed by atoms with Gasteiger partial charge in [0.15, 0.2) is 0 Å². The number of imide groups is 2. The summed E-state index contributed by atoms with van der Waals surface area (Å²) in [7, 11) is 0. The number of carbonyl (C=O) groups excluding carboxylic acids is 4. The zero-order valence-electron chi connectivity index (χ0n) is 10.9. The molecule has 21 heavy (non-hydrogen) atoms. The summed E-state index contributed by atoms with van der Waals surface area (Å²) >= 11 is 0. The van der Waals surface area contributed by atoms with Crippen molar-refractivity contribution in [1.82, 2.24) is 10.2 Å². The van der Waals surface area contributed by atoms with Crippen LogP contribution in [0.1, 0.15) is 33.6 Å². The van der Waals surface area contributed by atoms with E-state index in [-0.39, 0.29) is 35.3 Å². The van der Waals surface area contributed by atoms with E-state index >= 15 is 0 Å². The Morgan fingerprint density at radius 2 is 1.52 bits per heavy atom. The third-order valence-corrected chi connectivity index (χ3v) is 3.66. The van der Waals surface area contributed by atoms with Gasteiger partial charge in [0.05, 0.1) is 11.1 Å². The number of nitrogens with one attached hydrogen (secondary N) is 1. The highest BCUT2D eigenvalue weighted by atomic mass is 16.2. The van der Waals surface area contributed by atoms with Crippen molar-refractivity contribution in [2.45, 2.75) is 18.9 Å². The third kappa shape index (κ3) is 1.76. The summed E-state index contributed by atoms with van der Waals surface area (Å²) in [6.45, 7) is 0. The van der Waals surface area contributed by atoms with Crippen LogP contribution in [0.25, 0.3) is 0 Å². The zero-order valence-corrected chi connectivity index (χ0v) is 10.9. The van der Waals surface area contributed by atoms with Gasteiger partial charge in [0, 0.05) is 17.8 Å². The van der Waals surface area contributed by atoms with Gasteiger partial charge in [-0.3, -0.25) is 29.4 Å². The quantitative estimate of drug-likeness (QED) is 0.459. The molecule has 2 aliphatic heterocycles. The average molecular weight is 288 g/mol. The molecule has 0 saturated carbocycles. The van der Waals surface area contributed by atoms with Crippen LogP contribution in [0.5, 0.6) is 0 Å². The van der Waals surface area contributed by atoms with Gasteiger partial charge in [0.25, 0.3) is 11.8 Å². The average Bonchev–Trinajstić information content (AvgIpc) is 2.68. The van der Waals surface area contributed by atoms with Gasteiger partial charge in [-0.15, -0.1) is 0 Å². The van der Waals surface area contributed by atoms with Crippen molar-refractivity contribution in [2.24, 2.45) is 0 Å². The Kier molecular flexibility index (Phi) is 2.68. The Morgan fingerprint density at radius 3 is 2.00 bits per heavy atom. The minimum Gasteiger partial charge on any atom is -0.398 e. The summed E-state index contributed by atoms with van der Waals surface area (Å²) in [5.41, 5.74) is 11.8. The standard InChI is InChI=1S/C13H12N4O4/c14-5-1-2-6(15)10-9(5)12(20)17(13(10)21)7-3-4-8(18)16-11(7)19/h1-2,7H,3-4,14-15H2,(H,16,18,19). The molecule has 8 heteroatoms. The molecule has 1 saturated heterocycles. The van der Waals surface area contributed by atoms with Crippen molar-refractivity contribution in [1.29, 1.82) is 0 Å². The van der Waals surface area contributed by atoms with Crippen LogP contribution in [0, 0.1) is 0 Å². The van der Waals surface area contributed by atoms with E-state index in [0.717, 1.165) is 4.90 Å². The summed E-state index contributed by atoms with van der Waals surface area (Å²) in [6.07, 6.45) is 0.157. The van der Waals surface area contributed by atoms with Crippen LogP contribution >= 0.6 is 0 Å². The number of nitrogen functional groups attached to an aromatic ring is 2. The van der Waals surface area contributed by atoms with Crippen LogP contribution in [-0.4, -0.2) is 34.6 Å². The lowest BCUT2D eigenvalue weighted by molar-refractivity contribution is -0.136. The molecule has 0 bridgehead atoms. The van der Waals surface area contributed by atoms with Crippen molar-refractivity contribution in [3.8, 4) is 0 Å². The topological polar surface area (TPSA) is 136 Å². The van der Waals surface area contributed by atoms with Crippen molar-refractivity contribution in [3.05, 3.63) is 23.3 Å². The van der Waals surface area contributed by atoms with Crippen molar-refractivity contribution in [3.63, 3.8) is 0 Å². The number of anilines is 2. The van der Waals surface area contributed by atoms with Crippen LogP contribution in [0.4, 0.5) is 11.4 Å². The highest BCUT2D eigenvalue weighted by Crippen LogP contribution is 2.34. The molecule has 1 unspecified atom stereocenters. The van der Waals surface area contributed by atoms with Crippen molar-refractivity contribution >= 4 is 35.0 Å². The third-order valence-electron chi connectivity index (χ3n) is 3.66. The largest absolute Gasteiger partial charge is 0.398 e. The molecule has 3 rings (SSSR count). The van der Waals surface area contributed by atoms with Gasteiger partial charge in [0.2, 0.25) is 11.8 Å². The Hall–Kier alpha value is -2.90. The second-order valence-corrected chi connectivity index (χ2v) is 4.94. The number of carbonyl (C=O) groups is 4. The van der Waals surface area contributed by atoms with E-state index in [2.05, 4.69) is 5.32 Å². The summed E-state index contributed by atoms with van der Waals surface area (Å²) in [6, 6.07) is 1.86. The fourth-order valence-corrected chi connectivity index (χ4v) is 2.64. The first-order chi connectivity index (χ1) is 9.91. The number of benzene rings is 1. The lowest BCUT2D eigenvalue weighted by Gasteiger charge is -2.27. The Labute approximate surface area is 119 Å². The summed E-state index contributed by atoms with van der Waals surface area (Å²) < 4.78 is 0. The first kappa shape index (κ1) is 13.1. The molecular weight excluding hydrogens is 276 g/mol. The molecule has 1 atom stereocenters. The predicted molar refractivity (Wildman–Crippen MR) is 71.9 cm³/mol. The van der Waals surface area contributed by atoms with E-state index in [1.54, 1.807) is 0 Å². The van der Waals surface area contributed by atoms with Crippen molar-refractivity contribution in [2.75, 3.05) is 11.5 Å². The minimum absolute atomic E-state index is 0.0182. The van der Waals surface area contributed by atoms with E-state index in [9.17, 15) is 19.2 Å². The smallest absolute Gasteiger partial charge is 0.264 e. The molecular formula is C13H12N4O4. The molecule has 0 aromatic heterocycles. The lowest BCUT2D eigenvalue weighted by Crippen LogP contribution is -2.54. The molecule has 108 valence electrons. The fourth-order valence-electron chi connectivity index (χ4n) is 2.64. The zero-order chi connectivity index (χ0) is 15.3. The van der Waals surface area contributed by atoms with Gasteiger partial charge in [-0.2, -0.15) is 0 Å². The minimum atomic E-state index is -1.02. The maximum atomic E-state index is 12.4. The Morgan fingerprint density at radius 1 is 1.00 bits per heavy atom. The number of hydrogen-bond acceptors (Lipinski definition) is 6. The number of amides is 4. The number of nitrogens with two attached hydrogens (primary N) is 2. The van der Waals surface area contributed by atoms with E-state index < -0.39 is 29.7 Å². The van der Waals surface area contributed by atoms with E-state index in [1.807, 2.05) is 0 Å². The van der Waals surface area contributed by atoms with Gasteiger partial charge >= 0.3 is 0 Å². The highest BCUT2D eigenvalue weighted by Gasteiger charge is 2.46. The monoisotopic (exact) mass is 288 g/mol. The Balaban J connectivity index is 2.05. The molecule has 0 aliphatic carbocycles. The van der Waals surface area contributed by atoms with Gasteiger partial charge in [-0.1, -0.05) is 0 Å². The maximum Gasteiger partial charge on any atom is 0.264 e. The number of fused-ring (bicyclic) bond motifs is 1. The van der Waals surface area contributed by atoms with Crippen LogP contribution in [0.15, 0.2) is 12.1 Å². The first-order valence-electron chi connectivity index (χ1n) is 6.31. The molecule has 2 heterocycles. The summed E-state index contributed by atoms with van der Waals surface area (Å²) in [4.78, 5) is 48.7. The number of rotatable bonds is 1. The van der Waals surface area contributed by atoms with Crippen LogP contribution in [0.3, 0.4) is 0 Å². The van der Waals surface area contributed by atoms with Crippen LogP contribution in [0.2, 0.25) is 0 Å². The molecule has 2 aliphatic rings. The summed E-state index contributed by atoms with van der Waals surface area (Å²) in [5.74, 6) is -2.41. The number of hydrogen-bond donors (Lipinski definition) is 3. The van der Waals surface area contributed by atoms with E-state index in [4.69, 9.17) is 11.5 Å². The summed E-state index contributed by atoms with van der Waals surface area (Å²) in [5, 5.41) is 2.12. The fraction of sp³-hybridized carbons (Fsp3) is 0.231. The van der Waals surface area contributed by atoms with Crippen molar-refractivity contribution < 1.29 is 19.2 Å². The molecule has 8 nitrogen and oxygen atoms in total. The molecule has 0 spiro atoms.